The Morgan fingerprint density at radius 1 is 1.25 bits per heavy atom. The van der Waals surface area contributed by atoms with Gasteiger partial charge in [0, 0.05) is 16.9 Å². The fourth-order valence-electron chi connectivity index (χ4n) is 2.87. The first-order valence-electron chi connectivity index (χ1n) is 7.24. The van der Waals surface area contributed by atoms with Crippen LogP contribution in [0.15, 0.2) is 24.3 Å². The van der Waals surface area contributed by atoms with Crippen molar-refractivity contribution in [3.63, 3.8) is 0 Å². The maximum atomic E-state index is 12.3. The summed E-state index contributed by atoms with van der Waals surface area (Å²) < 4.78 is 5.20. The number of ether oxygens (including phenoxy) is 1. The van der Waals surface area contributed by atoms with Crippen molar-refractivity contribution in [1.82, 2.24) is 10.3 Å². The third-order valence-electron chi connectivity index (χ3n) is 4.01. The highest BCUT2D eigenvalue weighted by Gasteiger charge is 2.17. The number of aromatic amines is 1. The van der Waals surface area contributed by atoms with Crippen LogP contribution in [-0.2, 0) is 0 Å². The van der Waals surface area contributed by atoms with Gasteiger partial charge < -0.3 is 15.0 Å². The lowest BCUT2D eigenvalue weighted by molar-refractivity contribution is 0.0923. The van der Waals surface area contributed by atoms with Crippen molar-refractivity contribution in [3.05, 3.63) is 30.0 Å². The predicted octanol–water partition coefficient (Wildman–Crippen LogP) is 3.24. The molecule has 2 aromatic rings. The lowest BCUT2D eigenvalue weighted by atomic mass is 9.95. The topological polar surface area (TPSA) is 54.1 Å². The standard InChI is InChI=1S/C16H20N2O2/c1-20-13-7-8-14-11(9-13)10-15(18-14)16(19)17-12-5-3-2-4-6-12/h7-10,12,18H,2-6H2,1H3,(H,17,19). The molecule has 1 aromatic heterocycles. The van der Waals surface area contributed by atoms with E-state index in [1.54, 1.807) is 7.11 Å². The van der Waals surface area contributed by atoms with Gasteiger partial charge >= 0.3 is 0 Å². The molecular weight excluding hydrogens is 252 g/mol. The van der Waals surface area contributed by atoms with E-state index < -0.39 is 0 Å². The van der Waals surface area contributed by atoms with Crippen LogP contribution in [-0.4, -0.2) is 24.0 Å². The zero-order valence-corrected chi connectivity index (χ0v) is 11.7. The molecule has 0 radical (unpaired) electrons. The molecule has 1 saturated carbocycles. The van der Waals surface area contributed by atoms with Gasteiger partial charge in [0.2, 0.25) is 0 Å². The van der Waals surface area contributed by atoms with E-state index in [0.717, 1.165) is 29.5 Å². The Balaban J connectivity index is 1.77. The number of rotatable bonds is 3. The SMILES string of the molecule is COc1ccc2[nH]c(C(=O)NC3CCCCC3)cc2c1. The van der Waals surface area contributed by atoms with Crippen LogP contribution in [0.1, 0.15) is 42.6 Å². The highest BCUT2D eigenvalue weighted by Crippen LogP contribution is 2.22. The van der Waals surface area contributed by atoms with Crippen LogP contribution in [0, 0.1) is 0 Å². The minimum absolute atomic E-state index is 0.00735. The third kappa shape index (κ3) is 2.64. The second-order valence-electron chi connectivity index (χ2n) is 5.44. The number of methoxy groups -OCH3 is 1. The van der Waals surface area contributed by atoms with E-state index >= 15 is 0 Å². The van der Waals surface area contributed by atoms with Crippen LogP contribution in [0.5, 0.6) is 5.75 Å². The number of H-pyrrole nitrogens is 1. The largest absolute Gasteiger partial charge is 0.497 e. The van der Waals surface area contributed by atoms with Crippen LogP contribution in [0.3, 0.4) is 0 Å². The van der Waals surface area contributed by atoms with Gasteiger partial charge in [-0.1, -0.05) is 19.3 Å². The van der Waals surface area contributed by atoms with Crippen LogP contribution < -0.4 is 10.1 Å². The molecule has 106 valence electrons. The maximum absolute atomic E-state index is 12.3. The van der Waals surface area contributed by atoms with E-state index in [-0.39, 0.29) is 5.91 Å². The van der Waals surface area contributed by atoms with Gasteiger partial charge in [-0.25, -0.2) is 0 Å². The molecule has 1 fully saturated rings. The molecule has 2 N–H and O–H groups in total. The molecule has 20 heavy (non-hydrogen) atoms. The molecule has 1 aliphatic carbocycles. The van der Waals surface area contributed by atoms with Gasteiger partial charge in [-0.3, -0.25) is 4.79 Å². The molecule has 0 aliphatic heterocycles. The van der Waals surface area contributed by atoms with Crippen molar-refractivity contribution in [1.29, 1.82) is 0 Å². The minimum Gasteiger partial charge on any atom is -0.497 e. The zero-order chi connectivity index (χ0) is 13.9. The summed E-state index contributed by atoms with van der Waals surface area (Å²) in [6, 6.07) is 7.98. The molecule has 0 atom stereocenters. The van der Waals surface area contributed by atoms with Gasteiger partial charge in [0.1, 0.15) is 11.4 Å². The predicted molar refractivity (Wildman–Crippen MR) is 79.2 cm³/mol. The average Bonchev–Trinajstić information content (AvgIpc) is 2.91. The van der Waals surface area contributed by atoms with Crippen molar-refractivity contribution < 1.29 is 9.53 Å². The highest BCUT2D eigenvalue weighted by molar-refractivity contribution is 5.98. The Bertz CT molecular complexity index is 612. The minimum atomic E-state index is -0.00735. The average molecular weight is 272 g/mol. The van der Waals surface area contributed by atoms with E-state index in [1.165, 1.54) is 19.3 Å². The summed E-state index contributed by atoms with van der Waals surface area (Å²) in [7, 11) is 1.64. The highest BCUT2D eigenvalue weighted by atomic mass is 16.5. The quantitative estimate of drug-likeness (QED) is 0.901. The van der Waals surface area contributed by atoms with Gasteiger partial charge in [0.15, 0.2) is 0 Å². The number of nitrogens with one attached hydrogen (secondary N) is 2. The van der Waals surface area contributed by atoms with Crippen molar-refractivity contribution >= 4 is 16.8 Å². The van der Waals surface area contributed by atoms with Gasteiger partial charge in [0.05, 0.1) is 7.11 Å². The van der Waals surface area contributed by atoms with Gasteiger partial charge in [-0.05, 0) is 37.1 Å². The Labute approximate surface area is 118 Å². The first-order valence-corrected chi connectivity index (χ1v) is 7.24. The zero-order valence-electron chi connectivity index (χ0n) is 11.7. The molecule has 1 heterocycles. The van der Waals surface area contributed by atoms with Gasteiger partial charge in [-0.2, -0.15) is 0 Å². The van der Waals surface area contributed by atoms with Crippen molar-refractivity contribution in [2.45, 2.75) is 38.1 Å². The smallest absolute Gasteiger partial charge is 0.267 e. The number of hydrogen-bond acceptors (Lipinski definition) is 2. The molecule has 3 rings (SSSR count). The summed E-state index contributed by atoms with van der Waals surface area (Å²) in [6.45, 7) is 0. The molecule has 0 bridgehead atoms. The first-order chi connectivity index (χ1) is 9.76. The second-order valence-corrected chi connectivity index (χ2v) is 5.44. The first kappa shape index (κ1) is 13.0. The van der Waals surface area contributed by atoms with Crippen molar-refractivity contribution in [2.24, 2.45) is 0 Å². The van der Waals surface area contributed by atoms with Gasteiger partial charge in [0.25, 0.3) is 5.91 Å². The molecule has 4 heteroatoms. The van der Waals surface area contributed by atoms with E-state index in [9.17, 15) is 4.79 Å². The summed E-state index contributed by atoms with van der Waals surface area (Å²) in [6.07, 6.45) is 5.92. The van der Waals surface area contributed by atoms with Gasteiger partial charge in [-0.15, -0.1) is 0 Å². The molecule has 0 spiro atoms. The van der Waals surface area contributed by atoms with Crippen LogP contribution >= 0.6 is 0 Å². The van der Waals surface area contributed by atoms with Crippen LogP contribution in [0.4, 0.5) is 0 Å². The monoisotopic (exact) mass is 272 g/mol. The summed E-state index contributed by atoms with van der Waals surface area (Å²) >= 11 is 0. The van der Waals surface area contributed by atoms with E-state index in [1.807, 2.05) is 24.3 Å². The molecule has 1 aliphatic rings. The lowest BCUT2D eigenvalue weighted by Gasteiger charge is -2.22. The number of fused-ring (bicyclic) bond motifs is 1. The van der Waals surface area contributed by atoms with E-state index in [0.29, 0.717) is 11.7 Å². The summed E-state index contributed by atoms with van der Waals surface area (Å²) in [5.74, 6) is 0.794. The summed E-state index contributed by atoms with van der Waals surface area (Å²) in [4.78, 5) is 15.4. The lowest BCUT2D eigenvalue weighted by Crippen LogP contribution is -2.36. The molecular formula is C16H20N2O2. The normalized spacial score (nSPS) is 16.2. The van der Waals surface area contributed by atoms with Crippen LogP contribution in [0.25, 0.3) is 10.9 Å². The molecule has 4 nitrogen and oxygen atoms in total. The van der Waals surface area contributed by atoms with Crippen molar-refractivity contribution in [2.75, 3.05) is 7.11 Å². The summed E-state index contributed by atoms with van der Waals surface area (Å²) in [5.41, 5.74) is 1.58. The number of aromatic nitrogens is 1. The Morgan fingerprint density at radius 2 is 2.05 bits per heavy atom. The maximum Gasteiger partial charge on any atom is 0.267 e. The Hall–Kier alpha value is -1.97. The van der Waals surface area contributed by atoms with E-state index in [2.05, 4.69) is 10.3 Å². The fraction of sp³-hybridized carbons (Fsp3) is 0.438. The van der Waals surface area contributed by atoms with E-state index in [4.69, 9.17) is 4.74 Å². The number of carbonyl (C=O) groups excluding carboxylic acids is 1. The number of carbonyl (C=O) groups is 1. The third-order valence-corrected chi connectivity index (χ3v) is 4.01. The number of benzene rings is 1. The molecule has 1 aromatic carbocycles. The number of amides is 1. The molecule has 0 unspecified atom stereocenters. The molecule has 1 amide bonds. The van der Waals surface area contributed by atoms with Crippen LogP contribution in [0.2, 0.25) is 0 Å². The molecule has 0 saturated heterocycles. The van der Waals surface area contributed by atoms with Crippen molar-refractivity contribution in [3.8, 4) is 5.75 Å². The Morgan fingerprint density at radius 3 is 2.80 bits per heavy atom. The Kier molecular flexibility index (Phi) is 3.63. The number of hydrogen-bond donors (Lipinski definition) is 2. The second kappa shape index (κ2) is 5.57. The summed E-state index contributed by atoms with van der Waals surface area (Å²) in [5, 5.41) is 4.12. The fourth-order valence-corrected chi connectivity index (χ4v) is 2.87.